The number of nitrogens with two attached hydrogens (primary N) is 2. The van der Waals surface area contributed by atoms with Gasteiger partial charge in [-0.05, 0) is 0 Å². The van der Waals surface area contributed by atoms with Crippen LogP contribution in [0.2, 0.25) is 0 Å². The number of ether oxygens (including phenoxy) is 1. The molecule has 0 aliphatic rings. The van der Waals surface area contributed by atoms with Crippen molar-refractivity contribution in [1.29, 1.82) is 0 Å². The minimum Gasteiger partial charge on any atom is -0.456 e. The molecule has 0 unspecified atom stereocenters. The molecule has 0 heterocycles. The minimum atomic E-state index is -5.71. The molecule has 0 aliphatic heterocycles. The summed E-state index contributed by atoms with van der Waals surface area (Å²) in [6.45, 7) is 0.796. The van der Waals surface area contributed by atoms with Gasteiger partial charge in [0.25, 0.3) is 0 Å². The van der Waals surface area contributed by atoms with E-state index in [9.17, 15) is 26.7 Å². The number of carbonyl (C=O) groups is 1. The molecule has 0 saturated heterocycles. The monoisotopic (exact) mass is 236 g/mol. The first-order valence-corrected chi connectivity index (χ1v) is 3.28. The molecule has 90 valence electrons. The molecule has 0 aromatic heterocycles. The summed E-state index contributed by atoms with van der Waals surface area (Å²) in [4.78, 5) is 10.1. The van der Waals surface area contributed by atoms with Crippen molar-refractivity contribution in [3.05, 3.63) is 12.7 Å². The smallest absolute Gasteiger partial charge is 0.456 e. The summed E-state index contributed by atoms with van der Waals surface area (Å²) in [7, 11) is 0. The Kier molecular flexibility index (Phi) is 6.81. The highest BCUT2D eigenvalue weighted by Crippen LogP contribution is 2.35. The Morgan fingerprint density at radius 1 is 1.27 bits per heavy atom. The normalized spacial score (nSPS) is 11.1. The first-order valence-electron chi connectivity index (χ1n) is 3.28. The lowest BCUT2D eigenvalue weighted by Gasteiger charge is -2.18. The second-order valence-electron chi connectivity index (χ2n) is 2.01. The van der Waals surface area contributed by atoms with Crippen LogP contribution in [-0.4, -0.2) is 24.7 Å². The van der Waals surface area contributed by atoms with E-state index in [2.05, 4.69) is 23.0 Å². The molecule has 0 aromatic rings. The van der Waals surface area contributed by atoms with E-state index in [0.717, 1.165) is 0 Å². The number of rotatable bonds is 3. The first-order chi connectivity index (χ1) is 6.70. The van der Waals surface area contributed by atoms with Gasteiger partial charge in [0.05, 0.1) is 0 Å². The van der Waals surface area contributed by atoms with Gasteiger partial charge in [0.1, 0.15) is 0 Å². The largest absolute Gasteiger partial charge is 0.456 e. The van der Waals surface area contributed by atoms with Gasteiger partial charge < -0.3 is 4.74 Å². The number of alkyl halides is 5. The highest BCUT2D eigenvalue weighted by atomic mass is 19.4. The number of hydrazine groups is 1. The van der Waals surface area contributed by atoms with Crippen molar-refractivity contribution in [1.82, 2.24) is 0 Å². The molecule has 0 atom stereocenters. The fourth-order valence-corrected chi connectivity index (χ4v) is 0.303. The van der Waals surface area contributed by atoms with E-state index in [0.29, 0.717) is 6.08 Å². The lowest BCUT2D eigenvalue weighted by Crippen LogP contribution is -2.41. The maximum atomic E-state index is 12.0. The Hall–Kier alpha value is -1.22. The molecule has 15 heavy (non-hydrogen) atoms. The summed E-state index contributed by atoms with van der Waals surface area (Å²) in [5.74, 6) is 1.65. The number of esters is 1. The van der Waals surface area contributed by atoms with E-state index in [1.54, 1.807) is 0 Å². The van der Waals surface area contributed by atoms with Gasteiger partial charge in [-0.1, -0.05) is 6.58 Å². The van der Waals surface area contributed by atoms with Gasteiger partial charge in [-0.2, -0.15) is 22.0 Å². The average molecular weight is 236 g/mol. The predicted octanol–water partition coefficient (Wildman–Crippen LogP) is 0.732. The second kappa shape index (κ2) is 6.30. The molecule has 0 amide bonds. The first kappa shape index (κ1) is 16.2. The molecule has 0 aromatic carbocycles. The van der Waals surface area contributed by atoms with E-state index in [1.165, 1.54) is 0 Å². The molecule has 4 N–H and O–H groups in total. The van der Waals surface area contributed by atoms with Crippen molar-refractivity contribution in [2.24, 2.45) is 11.7 Å². The van der Waals surface area contributed by atoms with Crippen molar-refractivity contribution < 1.29 is 31.5 Å². The number of halogens is 5. The second-order valence-corrected chi connectivity index (χ2v) is 2.01. The van der Waals surface area contributed by atoms with Crippen LogP contribution in [0, 0.1) is 0 Å². The third-order valence-electron chi connectivity index (χ3n) is 0.977. The van der Waals surface area contributed by atoms with Crippen LogP contribution in [0.5, 0.6) is 0 Å². The van der Waals surface area contributed by atoms with Crippen LogP contribution < -0.4 is 11.7 Å². The van der Waals surface area contributed by atoms with Gasteiger partial charge >= 0.3 is 18.1 Å². The molecule has 0 fully saturated rings. The van der Waals surface area contributed by atoms with Gasteiger partial charge in [0.15, 0.2) is 6.61 Å². The molecule has 0 saturated carbocycles. The Morgan fingerprint density at radius 3 is 1.93 bits per heavy atom. The molecule has 4 nitrogen and oxygen atoms in total. The summed E-state index contributed by atoms with van der Waals surface area (Å²) in [5.41, 5.74) is 0. The molecule has 9 heteroatoms. The van der Waals surface area contributed by atoms with Crippen LogP contribution in [0.15, 0.2) is 12.7 Å². The van der Waals surface area contributed by atoms with Crippen LogP contribution in [0.4, 0.5) is 22.0 Å². The number of hydrogen-bond donors (Lipinski definition) is 2. The average Bonchev–Trinajstić information content (AvgIpc) is 2.15. The zero-order valence-corrected chi connectivity index (χ0v) is 7.35. The van der Waals surface area contributed by atoms with E-state index < -0.39 is 24.7 Å². The van der Waals surface area contributed by atoms with Crippen LogP contribution >= 0.6 is 0 Å². The quantitative estimate of drug-likeness (QED) is 0.249. The summed E-state index contributed by atoms with van der Waals surface area (Å²) in [6.07, 6.45) is -5.22. The highest BCUT2D eigenvalue weighted by Gasteiger charge is 2.58. The van der Waals surface area contributed by atoms with Gasteiger partial charge in [-0.3, -0.25) is 11.7 Å². The lowest BCUT2D eigenvalue weighted by atomic mass is 10.3. The Bertz CT molecular complexity index is 216. The van der Waals surface area contributed by atoms with Crippen molar-refractivity contribution in [2.45, 2.75) is 12.1 Å². The molecular weight excluding hydrogens is 227 g/mol. The zero-order valence-electron chi connectivity index (χ0n) is 7.35. The lowest BCUT2D eigenvalue weighted by molar-refractivity contribution is -0.293. The van der Waals surface area contributed by atoms with Crippen molar-refractivity contribution in [3.8, 4) is 0 Å². The Labute approximate surface area is 81.6 Å². The highest BCUT2D eigenvalue weighted by molar-refractivity contribution is 5.81. The van der Waals surface area contributed by atoms with Gasteiger partial charge in [-0.15, -0.1) is 0 Å². The van der Waals surface area contributed by atoms with Crippen molar-refractivity contribution in [2.75, 3.05) is 6.61 Å². The molecule has 0 spiro atoms. The van der Waals surface area contributed by atoms with E-state index in [-0.39, 0.29) is 0 Å². The topological polar surface area (TPSA) is 78.3 Å². The fraction of sp³-hybridized carbons (Fsp3) is 0.500. The molecular formula is C6H9F5N2O2. The summed E-state index contributed by atoms with van der Waals surface area (Å²) in [6, 6.07) is 0. The zero-order chi connectivity index (χ0) is 12.7. The summed E-state index contributed by atoms with van der Waals surface area (Å²) >= 11 is 0. The van der Waals surface area contributed by atoms with Crippen LogP contribution in [0.25, 0.3) is 0 Å². The van der Waals surface area contributed by atoms with Gasteiger partial charge in [-0.25, -0.2) is 4.79 Å². The fourth-order valence-electron chi connectivity index (χ4n) is 0.303. The van der Waals surface area contributed by atoms with Crippen molar-refractivity contribution >= 4 is 5.97 Å². The van der Waals surface area contributed by atoms with E-state index in [1.807, 2.05) is 0 Å². The maximum Gasteiger partial charge on any atom is 0.456 e. The summed E-state index contributed by atoms with van der Waals surface area (Å²) < 4.78 is 61.8. The van der Waals surface area contributed by atoms with Crippen LogP contribution in [0.3, 0.4) is 0 Å². The Balaban J connectivity index is 0. The maximum absolute atomic E-state index is 12.0. The molecule has 0 rings (SSSR count). The SMILES string of the molecule is C=CC(=O)OCC(F)(F)C(F)(F)F.NN. The third kappa shape index (κ3) is 5.96. The van der Waals surface area contributed by atoms with Crippen LogP contribution in [-0.2, 0) is 9.53 Å². The number of hydrogen-bond acceptors (Lipinski definition) is 4. The van der Waals surface area contributed by atoms with Gasteiger partial charge in [0, 0.05) is 6.08 Å². The molecule has 0 aliphatic carbocycles. The predicted molar refractivity (Wildman–Crippen MR) is 40.5 cm³/mol. The third-order valence-corrected chi connectivity index (χ3v) is 0.977. The Morgan fingerprint density at radius 2 is 1.67 bits per heavy atom. The molecule has 0 radical (unpaired) electrons. The van der Waals surface area contributed by atoms with Crippen LogP contribution in [0.1, 0.15) is 0 Å². The standard InChI is InChI=1S/C6H5F5O2.H4N2/c1-2-4(12)13-3-5(7,8)6(9,10)11;1-2/h2H,1,3H2;1-2H2. The molecule has 0 bridgehead atoms. The van der Waals surface area contributed by atoms with Gasteiger partial charge in [0.2, 0.25) is 0 Å². The number of carbonyl (C=O) groups excluding carboxylic acids is 1. The summed E-state index contributed by atoms with van der Waals surface area (Å²) in [5, 5.41) is 0. The minimum absolute atomic E-state index is 0.493. The van der Waals surface area contributed by atoms with E-state index in [4.69, 9.17) is 0 Å². The van der Waals surface area contributed by atoms with E-state index >= 15 is 0 Å². The van der Waals surface area contributed by atoms with Crippen molar-refractivity contribution in [3.63, 3.8) is 0 Å².